The predicted molar refractivity (Wildman–Crippen MR) is 261 cm³/mol. The van der Waals surface area contributed by atoms with Gasteiger partial charge in [0.1, 0.15) is 11.2 Å². The summed E-state index contributed by atoms with van der Waals surface area (Å²) in [5, 5.41) is 2.23. The van der Waals surface area contributed by atoms with Crippen LogP contribution in [-0.4, -0.2) is 0 Å². The molecule has 11 aromatic rings. The van der Waals surface area contributed by atoms with Gasteiger partial charge in [-0.25, -0.2) is 0 Å². The highest BCUT2D eigenvalue weighted by molar-refractivity contribution is 6.14. The molecule has 0 saturated heterocycles. The van der Waals surface area contributed by atoms with Gasteiger partial charge in [0.15, 0.2) is 0 Å². The lowest BCUT2D eigenvalue weighted by atomic mass is 9.70. The van der Waals surface area contributed by atoms with Gasteiger partial charge in [0.05, 0.1) is 11.1 Å². The topological polar surface area (TPSA) is 16.4 Å². The summed E-state index contributed by atoms with van der Waals surface area (Å²) in [6.07, 6.45) is 0. The maximum Gasteiger partial charge on any atom is 0.136 e. The molecule has 1 aromatic heterocycles. The van der Waals surface area contributed by atoms with E-state index in [1.807, 2.05) is 6.07 Å². The molecule has 2 heteroatoms. The van der Waals surface area contributed by atoms with Crippen LogP contribution in [0.5, 0.6) is 0 Å². The number of rotatable bonds is 6. The lowest BCUT2D eigenvalue weighted by molar-refractivity contribution is 0.669. The van der Waals surface area contributed by atoms with Crippen molar-refractivity contribution in [2.75, 3.05) is 4.90 Å². The number of anilines is 3. The SMILES string of the molecule is c1ccc(-c2cc(-c3ccccc3)cc(N(c3ccc4c(c3)C3(c5ccccc5-c5ccccc53)c3ccccc3-4)c3ccccc3-c3cccc4oc5ccccc5c34)c2)cc1. The van der Waals surface area contributed by atoms with Crippen LogP contribution >= 0.6 is 0 Å². The molecule has 0 saturated carbocycles. The third-order valence-corrected chi connectivity index (χ3v) is 13.5. The molecule has 10 aromatic carbocycles. The van der Waals surface area contributed by atoms with Crippen LogP contribution in [0.15, 0.2) is 241 Å². The Morgan fingerprint density at radius 1 is 0.302 bits per heavy atom. The fraction of sp³-hybridized carbons (Fsp3) is 0.0164. The second-order valence-corrected chi connectivity index (χ2v) is 16.7. The molecule has 0 aliphatic heterocycles. The van der Waals surface area contributed by atoms with E-state index in [4.69, 9.17) is 4.42 Å². The first-order chi connectivity index (χ1) is 31.3. The number of fused-ring (bicyclic) bond motifs is 13. The van der Waals surface area contributed by atoms with Gasteiger partial charge >= 0.3 is 0 Å². The van der Waals surface area contributed by atoms with Crippen molar-refractivity contribution in [3.63, 3.8) is 0 Å². The van der Waals surface area contributed by atoms with Crippen LogP contribution in [0.25, 0.3) is 77.6 Å². The quantitative estimate of drug-likeness (QED) is 0.167. The van der Waals surface area contributed by atoms with Crippen LogP contribution in [0.1, 0.15) is 22.3 Å². The fourth-order valence-corrected chi connectivity index (χ4v) is 10.9. The standard InChI is InChI=1S/C61H39NO/c1-3-18-40(19-4-1)42-36-43(41-20-5-2-6-21-41)38-45(37-42)62(57-31-15-10-25-50(57)51-27-17-33-59-60(51)52-26-11-16-32-58(52)63-59)44-34-35-49-48-24-9-14-30-55(48)61(56(49)39-44)53-28-12-7-22-46(53)47-23-8-13-29-54(47)61/h1-39H. The largest absolute Gasteiger partial charge is 0.456 e. The van der Waals surface area contributed by atoms with Gasteiger partial charge in [-0.3, -0.25) is 0 Å². The average molecular weight is 802 g/mol. The van der Waals surface area contributed by atoms with E-state index in [2.05, 4.69) is 235 Å². The van der Waals surface area contributed by atoms with E-state index in [-0.39, 0.29) is 0 Å². The molecule has 1 heterocycles. The normalized spacial score (nSPS) is 12.9. The molecule has 2 aliphatic carbocycles. The summed E-state index contributed by atoms with van der Waals surface area (Å²) in [7, 11) is 0. The van der Waals surface area contributed by atoms with Gasteiger partial charge < -0.3 is 9.32 Å². The molecule has 0 radical (unpaired) electrons. The zero-order valence-electron chi connectivity index (χ0n) is 34.4. The van der Waals surface area contributed by atoms with Crippen molar-refractivity contribution in [2.45, 2.75) is 5.41 Å². The van der Waals surface area contributed by atoms with E-state index >= 15 is 0 Å². The Hall–Kier alpha value is -8.20. The van der Waals surface area contributed by atoms with Crippen LogP contribution in [0, 0.1) is 0 Å². The van der Waals surface area contributed by atoms with Gasteiger partial charge in [0.2, 0.25) is 0 Å². The Bertz CT molecular complexity index is 3460. The summed E-state index contributed by atoms with van der Waals surface area (Å²) in [4.78, 5) is 2.50. The van der Waals surface area contributed by atoms with E-state index < -0.39 is 5.41 Å². The summed E-state index contributed by atoms with van der Waals surface area (Å²) in [5.41, 5.74) is 21.9. The van der Waals surface area contributed by atoms with Gasteiger partial charge in [-0.1, -0.05) is 188 Å². The minimum absolute atomic E-state index is 0.483. The average Bonchev–Trinajstić information content (AvgIpc) is 3.99. The maximum atomic E-state index is 6.49. The van der Waals surface area contributed by atoms with Crippen molar-refractivity contribution < 1.29 is 4.42 Å². The van der Waals surface area contributed by atoms with Crippen LogP contribution in [0.2, 0.25) is 0 Å². The highest BCUT2D eigenvalue weighted by atomic mass is 16.3. The van der Waals surface area contributed by atoms with Crippen LogP contribution < -0.4 is 4.90 Å². The van der Waals surface area contributed by atoms with E-state index in [9.17, 15) is 0 Å². The number of nitrogens with zero attached hydrogens (tertiary/aromatic N) is 1. The minimum Gasteiger partial charge on any atom is -0.456 e. The number of hydrogen-bond donors (Lipinski definition) is 0. The molecule has 0 amide bonds. The number of para-hydroxylation sites is 2. The monoisotopic (exact) mass is 801 g/mol. The minimum atomic E-state index is -0.483. The Labute approximate surface area is 366 Å². The third-order valence-electron chi connectivity index (χ3n) is 13.5. The number of benzene rings is 10. The van der Waals surface area contributed by atoms with Gasteiger partial charge in [0, 0.05) is 27.7 Å². The number of furan rings is 1. The summed E-state index contributed by atoms with van der Waals surface area (Å²) in [6.45, 7) is 0. The molecule has 0 fully saturated rings. The fourth-order valence-electron chi connectivity index (χ4n) is 10.9. The molecular weight excluding hydrogens is 763 g/mol. The molecule has 13 rings (SSSR count). The highest BCUT2D eigenvalue weighted by Gasteiger charge is 2.51. The van der Waals surface area contributed by atoms with Crippen molar-refractivity contribution in [3.8, 4) is 55.6 Å². The molecule has 0 N–H and O–H groups in total. The van der Waals surface area contributed by atoms with Gasteiger partial charge in [-0.15, -0.1) is 0 Å². The summed E-state index contributed by atoms with van der Waals surface area (Å²) < 4.78 is 6.49. The van der Waals surface area contributed by atoms with Gasteiger partial charge in [-0.2, -0.15) is 0 Å². The smallest absolute Gasteiger partial charge is 0.136 e. The zero-order valence-corrected chi connectivity index (χ0v) is 34.4. The van der Waals surface area contributed by atoms with Gasteiger partial charge in [0.25, 0.3) is 0 Å². The first kappa shape index (κ1) is 35.5. The molecule has 0 atom stereocenters. The van der Waals surface area contributed by atoms with E-state index in [0.717, 1.165) is 61.3 Å². The number of hydrogen-bond acceptors (Lipinski definition) is 2. The Balaban J connectivity index is 1.12. The van der Waals surface area contributed by atoms with Crippen molar-refractivity contribution in [3.05, 3.63) is 259 Å². The molecule has 63 heavy (non-hydrogen) atoms. The zero-order chi connectivity index (χ0) is 41.5. The van der Waals surface area contributed by atoms with Gasteiger partial charge in [-0.05, 0) is 121 Å². The van der Waals surface area contributed by atoms with Crippen molar-refractivity contribution in [1.29, 1.82) is 0 Å². The van der Waals surface area contributed by atoms with E-state index in [0.29, 0.717) is 0 Å². The Morgan fingerprint density at radius 3 is 1.43 bits per heavy atom. The van der Waals surface area contributed by atoms with Crippen molar-refractivity contribution >= 4 is 39.0 Å². The maximum absolute atomic E-state index is 6.49. The van der Waals surface area contributed by atoms with Crippen LogP contribution in [0.3, 0.4) is 0 Å². The third kappa shape index (κ3) is 5.25. The molecule has 2 nitrogen and oxygen atoms in total. The molecule has 1 spiro atoms. The second-order valence-electron chi connectivity index (χ2n) is 16.7. The van der Waals surface area contributed by atoms with Crippen molar-refractivity contribution in [2.24, 2.45) is 0 Å². The lowest BCUT2D eigenvalue weighted by Crippen LogP contribution is -2.26. The summed E-state index contributed by atoms with van der Waals surface area (Å²) in [5.74, 6) is 0. The van der Waals surface area contributed by atoms with Crippen LogP contribution in [-0.2, 0) is 5.41 Å². The van der Waals surface area contributed by atoms with E-state index in [1.165, 1.54) is 55.6 Å². The van der Waals surface area contributed by atoms with Crippen molar-refractivity contribution in [1.82, 2.24) is 0 Å². The van der Waals surface area contributed by atoms with E-state index in [1.54, 1.807) is 0 Å². The molecule has 294 valence electrons. The highest BCUT2D eigenvalue weighted by Crippen LogP contribution is 2.63. The summed E-state index contributed by atoms with van der Waals surface area (Å²) in [6, 6.07) is 86.7. The lowest BCUT2D eigenvalue weighted by Gasteiger charge is -2.33. The first-order valence-electron chi connectivity index (χ1n) is 21.8. The molecule has 0 bridgehead atoms. The Kier molecular flexibility index (Phi) is 7.85. The first-order valence-corrected chi connectivity index (χ1v) is 21.8. The van der Waals surface area contributed by atoms with Crippen LogP contribution in [0.4, 0.5) is 17.1 Å². The molecule has 0 unspecified atom stereocenters. The second kappa shape index (κ2) is 13.9. The predicted octanol–water partition coefficient (Wildman–Crippen LogP) is 16.4. The Morgan fingerprint density at radius 2 is 0.794 bits per heavy atom. The molecule has 2 aliphatic rings. The summed E-state index contributed by atoms with van der Waals surface area (Å²) >= 11 is 0. The molecular formula is C61H39NO.